The van der Waals surface area contributed by atoms with E-state index in [-0.39, 0.29) is 5.91 Å². The van der Waals surface area contributed by atoms with E-state index in [9.17, 15) is 9.59 Å². The second kappa shape index (κ2) is 7.34. The number of anilines is 1. The van der Waals surface area contributed by atoms with Crippen LogP contribution >= 0.6 is 0 Å². The first-order chi connectivity index (χ1) is 13.1. The van der Waals surface area contributed by atoms with Gasteiger partial charge in [-0.15, -0.1) is 0 Å². The second-order valence-corrected chi connectivity index (χ2v) is 7.03. The maximum absolute atomic E-state index is 12.9. The summed E-state index contributed by atoms with van der Waals surface area (Å²) < 4.78 is 0. The number of aromatic nitrogens is 2. The molecule has 0 N–H and O–H groups in total. The monoisotopic (exact) mass is 365 g/mol. The third-order valence-corrected chi connectivity index (χ3v) is 5.25. The first kappa shape index (κ1) is 17.5. The Morgan fingerprint density at radius 1 is 1.04 bits per heavy atom. The molecule has 0 atom stereocenters. The number of carbonyl (C=O) groups excluding carboxylic acids is 2. The van der Waals surface area contributed by atoms with Crippen molar-refractivity contribution in [1.29, 1.82) is 0 Å². The van der Waals surface area contributed by atoms with Gasteiger partial charge in [-0.25, -0.2) is 9.97 Å². The van der Waals surface area contributed by atoms with Gasteiger partial charge in [0.1, 0.15) is 17.3 Å². The lowest BCUT2D eigenvalue weighted by atomic mass is 10.00. The number of nitrogens with zero attached hydrogens (tertiary/aromatic N) is 5. The van der Waals surface area contributed by atoms with Gasteiger partial charge in [0.25, 0.3) is 5.91 Å². The van der Waals surface area contributed by atoms with Gasteiger partial charge in [0.2, 0.25) is 6.41 Å². The van der Waals surface area contributed by atoms with Crippen LogP contribution in [0.4, 0.5) is 5.82 Å². The molecule has 7 nitrogen and oxygen atoms in total. The van der Waals surface area contributed by atoms with E-state index in [0.29, 0.717) is 37.7 Å². The third kappa shape index (κ3) is 3.63. The van der Waals surface area contributed by atoms with Crippen LogP contribution in [0.3, 0.4) is 0 Å². The third-order valence-electron chi connectivity index (χ3n) is 5.25. The van der Waals surface area contributed by atoms with Crippen LogP contribution in [-0.2, 0) is 17.8 Å². The van der Waals surface area contributed by atoms with Gasteiger partial charge in [-0.2, -0.15) is 0 Å². The SMILES string of the molecule is Cc1nc(C(=O)N2CCN(C=O)CC2)cc(N2CCc3ccccc3C2)n1. The van der Waals surface area contributed by atoms with Crippen molar-refractivity contribution < 1.29 is 9.59 Å². The second-order valence-electron chi connectivity index (χ2n) is 7.03. The topological polar surface area (TPSA) is 69.6 Å². The lowest BCUT2D eigenvalue weighted by Gasteiger charge is -2.33. The Bertz CT molecular complexity index is 861. The van der Waals surface area contributed by atoms with Crippen molar-refractivity contribution in [2.24, 2.45) is 0 Å². The zero-order valence-corrected chi connectivity index (χ0v) is 15.5. The van der Waals surface area contributed by atoms with Crippen LogP contribution < -0.4 is 4.90 Å². The molecule has 0 spiro atoms. The summed E-state index contributed by atoms with van der Waals surface area (Å²) in [5, 5.41) is 0. The van der Waals surface area contributed by atoms with E-state index in [1.165, 1.54) is 11.1 Å². The summed E-state index contributed by atoms with van der Waals surface area (Å²) in [5.74, 6) is 1.30. The van der Waals surface area contributed by atoms with Gasteiger partial charge in [0, 0.05) is 45.3 Å². The van der Waals surface area contributed by atoms with Crippen molar-refractivity contribution in [3.8, 4) is 0 Å². The predicted molar refractivity (Wildman–Crippen MR) is 102 cm³/mol. The summed E-state index contributed by atoms with van der Waals surface area (Å²) in [7, 11) is 0. The molecule has 2 aliphatic heterocycles. The number of benzene rings is 1. The van der Waals surface area contributed by atoms with Crippen molar-refractivity contribution in [3.63, 3.8) is 0 Å². The number of aryl methyl sites for hydroxylation is 1. The number of hydrogen-bond acceptors (Lipinski definition) is 5. The van der Waals surface area contributed by atoms with Crippen molar-refractivity contribution in [2.45, 2.75) is 19.9 Å². The molecular weight excluding hydrogens is 342 g/mol. The smallest absolute Gasteiger partial charge is 0.272 e. The average Bonchev–Trinajstić information content (AvgIpc) is 2.72. The molecule has 4 rings (SSSR count). The lowest BCUT2D eigenvalue weighted by Crippen LogP contribution is -2.48. The molecule has 2 aromatic rings. The highest BCUT2D eigenvalue weighted by Crippen LogP contribution is 2.24. The Kier molecular flexibility index (Phi) is 4.75. The molecule has 140 valence electrons. The van der Waals surface area contributed by atoms with Gasteiger partial charge in [0.15, 0.2) is 0 Å². The fourth-order valence-corrected chi connectivity index (χ4v) is 3.71. The number of piperazine rings is 1. The zero-order chi connectivity index (χ0) is 18.8. The van der Waals surface area contributed by atoms with E-state index >= 15 is 0 Å². The maximum Gasteiger partial charge on any atom is 0.272 e. The first-order valence-corrected chi connectivity index (χ1v) is 9.30. The summed E-state index contributed by atoms with van der Waals surface area (Å²) in [4.78, 5) is 38.3. The van der Waals surface area contributed by atoms with Crippen LogP contribution in [0.15, 0.2) is 30.3 Å². The fraction of sp³-hybridized carbons (Fsp3) is 0.400. The molecule has 1 aromatic heterocycles. The van der Waals surface area contributed by atoms with E-state index in [0.717, 1.165) is 31.7 Å². The fourth-order valence-electron chi connectivity index (χ4n) is 3.71. The molecule has 0 bridgehead atoms. The van der Waals surface area contributed by atoms with E-state index in [2.05, 4.69) is 39.1 Å². The number of carbonyl (C=O) groups is 2. The summed E-state index contributed by atoms with van der Waals surface area (Å²) in [5.41, 5.74) is 3.11. The summed E-state index contributed by atoms with van der Waals surface area (Å²) in [6, 6.07) is 10.3. The van der Waals surface area contributed by atoms with Crippen LogP contribution in [0.25, 0.3) is 0 Å². The summed E-state index contributed by atoms with van der Waals surface area (Å²) >= 11 is 0. The van der Waals surface area contributed by atoms with Gasteiger partial charge < -0.3 is 14.7 Å². The highest BCUT2D eigenvalue weighted by Gasteiger charge is 2.24. The molecule has 7 heteroatoms. The Hall–Kier alpha value is -2.96. The van der Waals surface area contributed by atoms with Crippen LogP contribution in [0.1, 0.15) is 27.4 Å². The number of hydrogen-bond donors (Lipinski definition) is 0. The largest absolute Gasteiger partial charge is 0.352 e. The van der Waals surface area contributed by atoms with Gasteiger partial charge in [0.05, 0.1) is 0 Å². The molecular formula is C20H23N5O2. The minimum Gasteiger partial charge on any atom is -0.352 e. The quantitative estimate of drug-likeness (QED) is 0.766. The van der Waals surface area contributed by atoms with Crippen LogP contribution in [-0.4, -0.2) is 64.8 Å². The van der Waals surface area contributed by atoms with E-state index in [1.54, 1.807) is 15.9 Å². The molecule has 1 aromatic carbocycles. The van der Waals surface area contributed by atoms with Crippen LogP contribution in [0.2, 0.25) is 0 Å². The first-order valence-electron chi connectivity index (χ1n) is 9.30. The average molecular weight is 365 g/mol. The molecule has 0 saturated carbocycles. The molecule has 0 aliphatic carbocycles. The number of rotatable bonds is 3. The van der Waals surface area contributed by atoms with Gasteiger partial charge >= 0.3 is 0 Å². The summed E-state index contributed by atoms with van der Waals surface area (Å²) in [6.07, 6.45) is 1.80. The summed E-state index contributed by atoms with van der Waals surface area (Å²) in [6.45, 7) is 5.68. The molecule has 0 radical (unpaired) electrons. The van der Waals surface area contributed by atoms with E-state index < -0.39 is 0 Å². The predicted octanol–water partition coefficient (Wildman–Crippen LogP) is 1.26. The standard InChI is InChI=1S/C20H23N5O2/c1-15-21-18(20(27)24-10-8-23(14-26)9-11-24)12-19(22-15)25-7-6-16-4-2-3-5-17(16)13-25/h2-5,12,14H,6-11,13H2,1H3. The Morgan fingerprint density at radius 2 is 1.78 bits per heavy atom. The normalized spacial score (nSPS) is 16.9. The van der Waals surface area contributed by atoms with Crippen molar-refractivity contribution >= 4 is 18.1 Å². The van der Waals surface area contributed by atoms with Crippen molar-refractivity contribution in [3.05, 3.63) is 53.0 Å². The molecule has 1 fully saturated rings. The van der Waals surface area contributed by atoms with E-state index in [4.69, 9.17) is 0 Å². The highest BCUT2D eigenvalue weighted by atomic mass is 16.2. The minimum atomic E-state index is -0.0929. The highest BCUT2D eigenvalue weighted by molar-refractivity contribution is 5.93. The van der Waals surface area contributed by atoms with Gasteiger partial charge in [-0.05, 0) is 24.5 Å². The van der Waals surface area contributed by atoms with Crippen molar-refractivity contribution in [1.82, 2.24) is 19.8 Å². The van der Waals surface area contributed by atoms with Crippen LogP contribution in [0, 0.1) is 6.92 Å². The molecule has 2 amide bonds. The number of amides is 2. The zero-order valence-electron chi connectivity index (χ0n) is 15.5. The Labute approximate surface area is 158 Å². The lowest BCUT2D eigenvalue weighted by molar-refractivity contribution is -0.119. The Balaban J connectivity index is 1.54. The molecule has 2 aliphatic rings. The minimum absolute atomic E-state index is 0.0929. The molecule has 3 heterocycles. The molecule has 27 heavy (non-hydrogen) atoms. The van der Waals surface area contributed by atoms with Gasteiger partial charge in [-0.3, -0.25) is 9.59 Å². The Morgan fingerprint density at radius 3 is 2.52 bits per heavy atom. The number of fused-ring (bicyclic) bond motifs is 1. The molecule has 1 saturated heterocycles. The van der Waals surface area contributed by atoms with Gasteiger partial charge in [-0.1, -0.05) is 24.3 Å². The van der Waals surface area contributed by atoms with Crippen LogP contribution in [0.5, 0.6) is 0 Å². The maximum atomic E-state index is 12.9. The van der Waals surface area contributed by atoms with E-state index in [1.807, 2.05) is 6.92 Å². The molecule has 0 unspecified atom stereocenters. The van der Waals surface area contributed by atoms with Crippen molar-refractivity contribution in [2.75, 3.05) is 37.6 Å².